The summed E-state index contributed by atoms with van der Waals surface area (Å²) in [5, 5.41) is 0. The van der Waals surface area contributed by atoms with Crippen LogP contribution in [0.2, 0.25) is 0 Å². The van der Waals surface area contributed by atoms with Crippen LogP contribution < -0.4 is 10.5 Å². The minimum atomic E-state index is 0.546. The van der Waals surface area contributed by atoms with E-state index in [2.05, 4.69) is 9.97 Å². The molecule has 2 aromatic heterocycles. The van der Waals surface area contributed by atoms with Gasteiger partial charge in [-0.2, -0.15) is 0 Å². The SMILES string of the molecule is Cc1cncc(Oc2cnccc2N)c1. The molecular weight excluding hydrogens is 190 g/mol. The number of hydrogen-bond donors (Lipinski definition) is 1. The van der Waals surface area contributed by atoms with E-state index in [0.29, 0.717) is 17.2 Å². The number of anilines is 1. The second-order valence-electron chi connectivity index (χ2n) is 3.21. The monoisotopic (exact) mass is 201 g/mol. The van der Waals surface area contributed by atoms with Gasteiger partial charge in [0.25, 0.3) is 0 Å². The average molecular weight is 201 g/mol. The summed E-state index contributed by atoms with van der Waals surface area (Å²) < 4.78 is 5.54. The average Bonchev–Trinajstić information content (AvgIpc) is 2.22. The first-order chi connectivity index (χ1) is 7.25. The number of aryl methyl sites for hydroxylation is 1. The highest BCUT2D eigenvalue weighted by atomic mass is 16.5. The molecule has 0 unspecified atom stereocenters. The molecular formula is C11H11N3O. The van der Waals surface area contributed by atoms with Gasteiger partial charge in [-0.05, 0) is 24.6 Å². The Morgan fingerprint density at radius 1 is 1.20 bits per heavy atom. The van der Waals surface area contributed by atoms with E-state index < -0.39 is 0 Å². The molecule has 0 saturated carbocycles. The van der Waals surface area contributed by atoms with Gasteiger partial charge >= 0.3 is 0 Å². The first-order valence-electron chi connectivity index (χ1n) is 4.55. The lowest BCUT2D eigenvalue weighted by Gasteiger charge is -2.07. The van der Waals surface area contributed by atoms with Crippen molar-refractivity contribution in [2.24, 2.45) is 0 Å². The Labute approximate surface area is 87.7 Å². The Balaban J connectivity index is 2.26. The Kier molecular flexibility index (Phi) is 2.49. The van der Waals surface area contributed by atoms with E-state index in [-0.39, 0.29) is 0 Å². The van der Waals surface area contributed by atoms with Crippen LogP contribution in [0.1, 0.15) is 5.56 Å². The van der Waals surface area contributed by atoms with Gasteiger partial charge in [-0.25, -0.2) is 0 Å². The van der Waals surface area contributed by atoms with Crippen LogP contribution in [0.25, 0.3) is 0 Å². The van der Waals surface area contributed by atoms with E-state index in [0.717, 1.165) is 5.56 Å². The fraction of sp³-hybridized carbons (Fsp3) is 0.0909. The number of nitrogen functional groups attached to an aromatic ring is 1. The van der Waals surface area contributed by atoms with Crippen LogP contribution in [0.15, 0.2) is 36.9 Å². The van der Waals surface area contributed by atoms with Crippen molar-refractivity contribution in [2.45, 2.75) is 6.92 Å². The molecule has 2 rings (SSSR count). The number of aromatic nitrogens is 2. The van der Waals surface area contributed by atoms with Gasteiger partial charge in [-0.15, -0.1) is 0 Å². The first kappa shape index (κ1) is 9.45. The number of rotatable bonds is 2. The predicted molar refractivity (Wildman–Crippen MR) is 57.7 cm³/mol. The standard InChI is InChI=1S/C11H11N3O/c1-8-4-9(6-14-5-8)15-11-7-13-3-2-10(11)12/h2-7H,1H3,(H2,12,13). The molecule has 0 aliphatic rings. The summed E-state index contributed by atoms with van der Waals surface area (Å²) in [7, 11) is 0. The van der Waals surface area contributed by atoms with Crippen molar-refractivity contribution in [3.05, 3.63) is 42.5 Å². The molecule has 2 N–H and O–H groups in total. The van der Waals surface area contributed by atoms with E-state index in [1.807, 2.05) is 13.0 Å². The zero-order chi connectivity index (χ0) is 10.7. The topological polar surface area (TPSA) is 61.0 Å². The molecule has 0 aliphatic heterocycles. The predicted octanol–water partition coefficient (Wildman–Crippen LogP) is 2.16. The Morgan fingerprint density at radius 2 is 2.07 bits per heavy atom. The van der Waals surface area contributed by atoms with Crippen LogP contribution in [-0.4, -0.2) is 9.97 Å². The fourth-order valence-electron chi connectivity index (χ4n) is 1.19. The summed E-state index contributed by atoms with van der Waals surface area (Å²) in [5.41, 5.74) is 7.32. The van der Waals surface area contributed by atoms with Gasteiger partial charge < -0.3 is 10.5 Å². The van der Waals surface area contributed by atoms with E-state index in [1.54, 1.807) is 30.9 Å². The van der Waals surface area contributed by atoms with Crippen LogP contribution in [0.5, 0.6) is 11.5 Å². The zero-order valence-corrected chi connectivity index (χ0v) is 8.34. The van der Waals surface area contributed by atoms with Gasteiger partial charge in [0.1, 0.15) is 5.75 Å². The molecule has 0 bridgehead atoms. The van der Waals surface area contributed by atoms with Crippen LogP contribution in [0, 0.1) is 6.92 Å². The van der Waals surface area contributed by atoms with Gasteiger partial charge in [-0.3, -0.25) is 9.97 Å². The molecule has 76 valence electrons. The minimum absolute atomic E-state index is 0.546. The van der Waals surface area contributed by atoms with Gasteiger partial charge in [0.2, 0.25) is 0 Å². The fourth-order valence-corrected chi connectivity index (χ4v) is 1.19. The largest absolute Gasteiger partial charge is 0.452 e. The van der Waals surface area contributed by atoms with E-state index >= 15 is 0 Å². The number of nitrogens with zero attached hydrogens (tertiary/aromatic N) is 2. The molecule has 2 heterocycles. The Bertz CT molecular complexity index is 471. The molecule has 15 heavy (non-hydrogen) atoms. The van der Waals surface area contributed by atoms with Gasteiger partial charge in [0.15, 0.2) is 5.75 Å². The second-order valence-corrected chi connectivity index (χ2v) is 3.21. The maximum absolute atomic E-state index is 5.72. The summed E-state index contributed by atoms with van der Waals surface area (Å²) in [6.07, 6.45) is 6.60. The number of pyridine rings is 2. The van der Waals surface area contributed by atoms with E-state index in [9.17, 15) is 0 Å². The highest BCUT2D eigenvalue weighted by molar-refractivity contribution is 5.51. The summed E-state index contributed by atoms with van der Waals surface area (Å²) in [5.74, 6) is 1.21. The Morgan fingerprint density at radius 3 is 2.80 bits per heavy atom. The normalized spacial score (nSPS) is 9.93. The molecule has 0 atom stereocenters. The van der Waals surface area contributed by atoms with Gasteiger partial charge in [0, 0.05) is 12.4 Å². The lowest BCUT2D eigenvalue weighted by Crippen LogP contribution is -1.93. The molecule has 0 aliphatic carbocycles. The van der Waals surface area contributed by atoms with Gasteiger partial charge in [-0.1, -0.05) is 0 Å². The molecule has 0 spiro atoms. The van der Waals surface area contributed by atoms with Crippen molar-refractivity contribution >= 4 is 5.69 Å². The number of ether oxygens (including phenoxy) is 1. The molecule has 0 amide bonds. The van der Waals surface area contributed by atoms with Crippen LogP contribution >= 0.6 is 0 Å². The van der Waals surface area contributed by atoms with Crippen molar-refractivity contribution in [3.8, 4) is 11.5 Å². The van der Waals surface area contributed by atoms with Crippen LogP contribution in [0.3, 0.4) is 0 Å². The number of nitrogens with two attached hydrogens (primary N) is 1. The lowest BCUT2D eigenvalue weighted by atomic mass is 10.3. The van der Waals surface area contributed by atoms with Crippen LogP contribution in [-0.2, 0) is 0 Å². The van der Waals surface area contributed by atoms with Gasteiger partial charge in [0.05, 0.1) is 18.1 Å². The smallest absolute Gasteiger partial charge is 0.168 e. The quantitative estimate of drug-likeness (QED) is 0.808. The molecule has 0 saturated heterocycles. The third kappa shape index (κ3) is 2.22. The summed E-state index contributed by atoms with van der Waals surface area (Å²) >= 11 is 0. The molecule has 0 aromatic carbocycles. The van der Waals surface area contributed by atoms with E-state index in [1.165, 1.54) is 0 Å². The summed E-state index contributed by atoms with van der Waals surface area (Å²) in [6.45, 7) is 1.95. The zero-order valence-electron chi connectivity index (χ0n) is 8.34. The lowest BCUT2D eigenvalue weighted by molar-refractivity contribution is 0.480. The van der Waals surface area contributed by atoms with Crippen molar-refractivity contribution in [1.82, 2.24) is 9.97 Å². The summed E-state index contributed by atoms with van der Waals surface area (Å²) in [4.78, 5) is 7.96. The van der Waals surface area contributed by atoms with Crippen molar-refractivity contribution in [2.75, 3.05) is 5.73 Å². The molecule has 0 radical (unpaired) electrons. The second kappa shape index (κ2) is 3.96. The molecule has 0 fully saturated rings. The first-order valence-corrected chi connectivity index (χ1v) is 4.55. The summed E-state index contributed by atoms with van der Waals surface area (Å²) in [6, 6.07) is 3.58. The molecule has 4 heteroatoms. The molecule has 4 nitrogen and oxygen atoms in total. The maximum atomic E-state index is 5.72. The van der Waals surface area contributed by atoms with Crippen LogP contribution in [0.4, 0.5) is 5.69 Å². The highest BCUT2D eigenvalue weighted by Gasteiger charge is 2.01. The third-order valence-electron chi connectivity index (χ3n) is 1.89. The van der Waals surface area contributed by atoms with Crippen molar-refractivity contribution in [3.63, 3.8) is 0 Å². The number of hydrogen-bond acceptors (Lipinski definition) is 4. The van der Waals surface area contributed by atoms with Crippen molar-refractivity contribution in [1.29, 1.82) is 0 Å². The van der Waals surface area contributed by atoms with Crippen molar-refractivity contribution < 1.29 is 4.74 Å². The van der Waals surface area contributed by atoms with E-state index in [4.69, 9.17) is 10.5 Å². The third-order valence-corrected chi connectivity index (χ3v) is 1.89. The maximum Gasteiger partial charge on any atom is 0.168 e. The highest BCUT2D eigenvalue weighted by Crippen LogP contribution is 2.25. The Hall–Kier alpha value is -2.10. The molecule has 2 aromatic rings. The minimum Gasteiger partial charge on any atom is -0.452 e.